The number of fused-ring (bicyclic) bond motifs is 2. The fourth-order valence-electron chi connectivity index (χ4n) is 3.46. The average Bonchev–Trinajstić information content (AvgIpc) is 2.97. The lowest BCUT2D eigenvalue weighted by Gasteiger charge is -2.46. The van der Waals surface area contributed by atoms with Crippen LogP contribution in [0.3, 0.4) is 0 Å². The third-order valence-electron chi connectivity index (χ3n) is 4.80. The monoisotopic (exact) mass is 326 g/mol. The van der Waals surface area contributed by atoms with E-state index in [1.165, 1.54) is 0 Å². The minimum atomic E-state index is -0.723. The SMILES string of the molecule is C=CCNC(=O)NC1C2COC(O2)C(N2CCN(C)CC2)C1O. The lowest BCUT2D eigenvalue weighted by molar-refractivity contribution is -0.184. The Morgan fingerprint density at radius 3 is 2.83 bits per heavy atom. The molecule has 5 unspecified atom stereocenters. The van der Waals surface area contributed by atoms with Gasteiger partial charge in [0.1, 0.15) is 6.10 Å². The summed E-state index contributed by atoms with van der Waals surface area (Å²) in [6.07, 6.45) is 0.148. The van der Waals surface area contributed by atoms with Gasteiger partial charge in [-0.1, -0.05) is 6.08 Å². The van der Waals surface area contributed by atoms with Gasteiger partial charge in [-0.2, -0.15) is 0 Å². The largest absolute Gasteiger partial charge is 0.389 e. The minimum Gasteiger partial charge on any atom is -0.389 e. The van der Waals surface area contributed by atoms with Crippen molar-refractivity contribution in [1.82, 2.24) is 20.4 Å². The number of carbonyl (C=O) groups excluding carboxylic acids is 1. The van der Waals surface area contributed by atoms with Crippen molar-refractivity contribution in [3.8, 4) is 0 Å². The molecule has 0 spiro atoms. The zero-order valence-corrected chi connectivity index (χ0v) is 13.5. The molecule has 3 saturated heterocycles. The molecule has 3 N–H and O–H groups in total. The highest BCUT2D eigenvalue weighted by molar-refractivity contribution is 5.74. The van der Waals surface area contributed by atoms with E-state index in [0.717, 1.165) is 26.2 Å². The van der Waals surface area contributed by atoms with E-state index in [1.54, 1.807) is 6.08 Å². The second-order valence-corrected chi connectivity index (χ2v) is 6.37. The number of ether oxygens (including phenoxy) is 2. The van der Waals surface area contributed by atoms with Gasteiger partial charge in [-0.3, -0.25) is 4.90 Å². The number of hydrogen-bond donors (Lipinski definition) is 3. The van der Waals surface area contributed by atoms with Crippen LogP contribution in [-0.4, -0.2) is 97.9 Å². The molecule has 23 heavy (non-hydrogen) atoms. The second kappa shape index (κ2) is 7.14. The van der Waals surface area contributed by atoms with E-state index in [0.29, 0.717) is 13.2 Å². The van der Waals surface area contributed by atoms with E-state index in [9.17, 15) is 9.90 Å². The van der Waals surface area contributed by atoms with E-state index in [4.69, 9.17) is 9.47 Å². The van der Waals surface area contributed by atoms with Gasteiger partial charge in [-0.15, -0.1) is 6.58 Å². The van der Waals surface area contributed by atoms with Gasteiger partial charge in [0.25, 0.3) is 0 Å². The maximum absolute atomic E-state index is 11.9. The maximum atomic E-state index is 11.9. The predicted molar refractivity (Wildman–Crippen MR) is 84.0 cm³/mol. The molecule has 0 aromatic heterocycles. The summed E-state index contributed by atoms with van der Waals surface area (Å²) in [5.74, 6) is 0. The molecular formula is C15H26N4O4. The minimum absolute atomic E-state index is 0.257. The highest BCUT2D eigenvalue weighted by Gasteiger charge is 2.52. The molecule has 0 saturated carbocycles. The van der Waals surface area contributed by atoms with Crippen LogP contribution in [0.1, 0.15) is 0 Å². The standard InChI is InChI=1S/C15H26N4O4/c1-3-4-16-15(21)17-11-10-9-22-14(23-10)12(13(11)20)19-7-5-18(2)6-8-19/h3,10-14,20H,1,4-9H2,2H3,(H2,16,17,21). The molecule has 3 heterocycles. The van der Waals surface area contributed by atoms with Gasteiger partial charge >= 0.3 is 6.03 Å². The highest BCUT2D eigenvalue weighted by atomic mass is 16.7. The number of rotatable bonds is 4. The van der Waals surface area contributed by atoms with Crippen molar-refractivity contribution in [2.45, 2.75) is 30.6 Å². The number of nitrogens with one attached hydrogen (secondary N) is 2. The van der Waals surface area contributed by atoms with E-state index in [2.05, 4.69) is 34.1 Å². The first kappa shape index (κ1) is 16.7. The quantitative estimate of drug-likeness (QED) is 0.550. The molecule has 3 aliphatic heterocycles. The van der Waals surface area contributed by atoms with Gasteiger partial charge in [0.2, 0.25) is 0 Å². The molecule has 2 bridgehead atoms. The molecule has 3 aliphatic rings. The number of nitrogens with zero attached hydrogens (tertiary/aromatic N) is 2. The molecule has 3 fully saturated rings. The predicted octanol–water partition coefficient (Wildman–Crippen LogP) is -1.43. The zero-order chi connectivity index (χ0) is 16.4. The highest BCUT2D eigenvalue weighted by Crippen LogP contribution is 2.31. The number of aliphatic hydroxyl groups excluding tert-OH is 1. The zero-order valence-electron chi connectivity index (χ0n) is 13.5. The Morgan fingerprint density at radius 1 is 1.39 bits per heavy atom. The van der Waals surface area contributed by atoms with Crippen LogP contribution in [0.4, 0.5) is 4.79 Å². The van der Waals surface area contributed by atoms with Crippen LogP contribution in [0.15, 0.2) is 12.7 Å². The first-order valence-electron chi connectivity index (χ1n) is 8.13. The first-order valence-corrected chi connectivity index (χ1v) is 8.13. The van der Waals surface area contributed by atoms with Crippen molar-refractivity contribution in [2.24, 2.45) is 0 Å². The van der Waals surface area contributed by atoms with Gasteiger partial charge in [-0.25, -0.2) is 4.79 Å². The summed E-state index contributed by atoms with van der Waals surface area (Å²) in [5.41, 5.74) is 0. The normalized spacial score (nSPS) is 38.3. The fraction of sp³-hybridized carbons (Fsp3) is 0.800. The molecule has 0 radical (unpaired) electrons. The van der Waals surface area contributed by atoms with E-state index < -0.39 is 18.4 Å². The number of likely N-dealkylation sites (N-methyl/N-ethyl adjacent to an activating group) is 1. The Bertz CT molecular complexity index is 441. The number of aliphatic hydroxyl groups is 1. The third-order valence-corrected chi connectivity index (χ3v) is 4.80. The Morgan fingerprint density at radius 2 is 2.13 bits per heavy atom. The summed E-state index contributed by atoms with van der Waals surface area (Å²) in [6.45, 7) is 7.91. The number of hydrogen-bond acceptors (Lipinski definition) is 6. The lowest BCUT2D eigenvalue weighted by atomic mass is 9.94. The van der Waals surface area contributed by atoms with Gasteiger partial charge in [-0.05, 0) is 7.05 Å². The topological polar surface area (TPSA) is 86.3 Å². The molecule has 8 nitrogen and oxygen atoms in total. The number of piperazine rings is 1. The van der Waals surface area contributed by atoms with Crippen molar-refractivity contribution >= 4 is 6.03 Å². The molecule has 3 rings (SSSR count). The van der Waals surface area contributed by atoms with Gasteiger partial charge in [0.05, 0.1) is 24.8 Å². The van der Waals surface area contributed by atoms with Crippen molar-refractivity contribution in [2.75, 3.05) is 46.4 Å². The summed E-state index contributed by atoms with van der Waals surface area (Å²) >= 11 is 0. The van der Waals surface area contributed by atoms with Gasteiger partial charge in [0, 0.05) is 32.7 Å². The Labute approximate surface area is 136 Å². The summed E-state index contributed by atoms with van der Waals surface area (Å²) in [7, 11) is 2.08. The van der Waals surface area contributed by atoms with Gasteiger partial charge in [0.15, 0.2) is 6.29 Å². The van der Waals surface area contributed by atoms with Crippen LogP contribution in [-0.2, 0) is 9.47 Å². The molecule has 0 aliphatic carbocycles. The summed E-state index contributed by atoms with van der Waals surface area (Å²) in [5, 5.41) is 16.3. The first-order chi connectivity index (χ1) is 11.1. The third kappa shape index (κ3) is 3.51. The summed E-state index contributed by atoms with van der Waals surface area (Å²) in [4.78, 5) is 16.4. The second-order valence-electron chi connectivity index (χ2n) is 6.37. The molecule has 0 aromatic carbocycles. The Balaban J connectivity index is 1.66. The van der Waals surface area contributed by atoms with Crippen LogP contribution >= 0.6 is 0 Å². The van der Waals surface area contributed by atoms with E-state index >= 15 is 0 Å². The van der Waals surface area contributed by atoms with Crippen LogP contribution in [0, 0.1) is 0 Å². The lowest BCUT2D eigenvalue weighted by Crippen LogP contribution is -2.67. The van der Waals surface area contributed by atoms with Crippen LogP contribution in [0.25, 0.3) is 0 Å². The molecule has 2 amide bonds. The van der Waals surface area contributed by atoms with Crippen molar-refractivity contribution in [3.05, 3.63) is 12.7 Å². The Kier molecular flexibility index (Phi) is 5.17. The van der Waals surface area contributed by atoms with Crippen LogP contribution < -0.4 is 10.6 Å². The van der Waals surface area contributed by atoms with Crippen LogP contribution in [0.2, 0.25) is 0 Å². The van der Waals surface area contributed by atoms with Crippen molar-refractivity contribution < 1.29 is 19.4 Å². The van der Waals surface area contributed by atoms with Crippen LogP contribution in [0.5, 0.6) is 0 Å². The number of carbonyl (C=O) groups is 1. The van der Waals surface area contributed by atoms with Crippen molar-refractivity contribution in [3.63, 3.8) is 0 Å². The number of amides is 2. The van der Waals surface area contributed by atoms with E-state index in [1.807, 2.05) is 0 Å². The Hall–Kier alpha value is -1.19. The van der Waals surface area contributed by atoms with Gasteiger partial charge < -0.3 is 30.1 Å². The van der Waals surface area contributed by atoms with E-state index in [-0.39, 0.29) is 18.2 Å². The fourth-order valence-corrected chi connectivity index (χ4v) is 3.46. The smallest absolute Gasteiger partial charge is 0.315 e. The average molecular weight is 326 g/mol. The molecular weight excluding hydrogens is 300 g/mol. The molecule has 5 atom stereocenters. The molecule has 0 aromatic rings. The maximum Gasteiger partial charge on any atom is 0.315 e. The summed E-state index contributed by atoms with van der Waals surface area (Å²) < 4.78 is 11.6. The summed E-state index contributed by atoms with van der Waals surface area (Å²) in [6, 6.07) is -1.07. The molecule has 130 valence electrons. The molecule has 8 heteroatoms. The van der Waals surface area contributed by atoms with Crippen molar-refractivity contribution in [1.29, 1.82) is 0 Å². The number of urea groups is 1.